The molecule has 20 heavy (non-hydrogen) atoms. The number of nitrogens with zero attached hydrogens (tertiary/aromatic N) is 1. The topological polar surface area (TPSA) is 81.8 Å². The minimum Gasteiger partial charge on any atom is -0.496 e. The molecule has 6 nitrogen and oxygen atoms in total. The first kappa shape index (κ1) is 13.9. The average Bonchev–Trinajstić information content (AvgIpc) is 2.80. The summed E-state index contributed by atoms with van der Waals surface area (Å²) in [4.78, 5) is 11.2. The Hall–Kier alpha value is -2.50. The average molecular weight is 277 g/mol. The number of hydrogen-bond donors (Lipinski definition) is 1. The van der Waals surface area contributed by atoms with Gasteiger partial charge in [0.05, 0.1) is 19.8 Å². The van der Waals surface area contributed by atoms with E-state index in [1.54, 1.807) is 26.2 Å². The van der Waals surface area contributed by atoms with Gasteiger partial charge in [-0.1, -0.05) is 5.16 Å². The molecule has 0 unspecified atom stereocenters. The largest absolute Gasteiger partial charge is 0.496 e. The summed E-state index contributed by atoms with van der Waals surface area (Å²) < 4.78 is 15.6. The van der Waals surface area contributed by atoms with Gasteiger partial charge in [0.25, 0.3) is 0 Å². The van der Waals surface area contributed by atoms with Crippen molar-refractivity contribution in [3.63, 3.8) is 0 Å². The number of carboxylic acids is 1. The van der Waals surface area contributed by atoms with Gasteiger partial charge in [-0.3, -0.25) is 0 Å². The molecule has 1 aromatic carbocycles. The van der Waals surface area contributed by atoms with Crippen LogP contribution >= 0.6 is 0 Å². The molecule has 0 spiro atoms. The normalized spacial score (nSPS) is 10.4. The molecule has 0 saturated carbocycles. The van der Waals surface area contributed by atoms with E-state index in [1.807, 2.05) is 6.92 Å². The van der Waals surface area contributed by atoms with Crippen molar-refractivity contribution in [2.75, 3.05) is 14.2 Å². The van der Waals surface area contributed by atoms with E-state index in [0.29, 0.717) is 28.4 Å². The summed E-state index contributed by atoms with van der Waals surface area (Å²) in [6.07, 6.45) is 0. The first-order valence-electron chi connectivity index (χ1n) is 5.92. The highest BCUT2D eigenvalue weighted by molar-refractivity contribution is 5.95. The summed E-state index contributed by atoms with van der Waals surface area (Å²) in [5.41, 5.74) is 1.71. The van der Waals surface area contributed by atoms with Crippen molar-refractivity contribution in [2.24, 2.45) is 0 Å². The maximum absolute atomic E-state index is 11.2. The molecule has 0 saturated heterocycles. The summed E-state index contributed by atoms with van der Waals surface area (Å²) in [6.45, 7) is 3.53. The number of aromatic carboxylic acids is 1. The lowest BCUT2D eigenvalue weighted by Gasteiger charge is -2.12. The van der Waals surface area contributed by atoms with Crippen molar-refractivity contribution < 1.29 is 23.9 Å². The molecule has 6 heteroatoms. The molecule has 106 valence electrons. The molecule has 1 aromatic heterocycles. The van der Waals surface area contributed by atoms with Gasteiger partial charge in [-0.05, 0) is 31.5 Å². The summed E-state index contributed by atoms with van der Waals surface area (Å²) >= 11 is 0. The van der Waals surface area contributed by atoms with E-state index in [4.69, 9.17) is 14.0 Å². The maximum Gasteiger partial charge on any atom is 0.358 e. The predicted molar refractivity (Wildman–Crippen MR) is 71.5 cm³/mol. The summed E-state index contributed by atoms with van der Waals surface area (Å²) in [5.74, 6) is 0.430. The zero-order valence-corrected chi connectivity index (χ0v) is 11.7. The van der Waals surface area contributed by atoms with Gasteiger partial charge in [0.15, 0.2) is 5.69 Å². The van der Waals surface area contributed by atoms with Gasteiger partial charge in [-0.25, -0.2) is 4.79 Å². The van der Waals surface area contributed by atoms with Crippen LogP contribution in [0.25, 0.3) is 11.1 Å². The number of benzene rings is 1. The van der Waals surface area contributed by atoms with Crippen LogP contribution in [-0.2, 0) is 0 Å². The standard InChI is InChI=1S/C14H15NO5/c1-7-5-11(19-4)9(6-10(7)18-3)12-8(2)20-15-13(12)14(16)17/h5-6H,1-4H3,(H,16,17). The van der Waals surface area contributed by atoms with Gasteiger partial charge in [0.2, 0.25) is 0 Å². The molecule has 0 aliphatic carbocycles. The van der Waals surface area contributed by atoms with Crippen molar-refractivity contribution in [1.82, 2.24) is 5.16 Å². The monoisotopic (exact) mass is 277 g/mol. The lowest BCUT2D eigenvalue weighted by atomic mass is 10.00. The van der Waals surface area contributed by atoms with E-state index in [9.17, 15) is 9.90 Å². The van der Waals surface area contributed by atoms with Crippen molar-refractivity contribution in [2.45, 2.75) is 13.8 Å². The lowest BCUT2D eigenvalue weighted by molar-refractivity contribution is 0.0686. The van der Waals surface area contributed by atoms with Crippen molar-refractivity contribution >= 4 is 5.97 Å². The Labute approximate surface area is 115 Å². The van der Waals surface area contributed by atoms with Crippen LogP contribution in [0.5, 0.6) is 11.5 Å². The Kier molecular flexibility index (Phi) is 3.65. The lowest BCUT2D eigenvalue weighted by Crippen LogP contribution is -2.01. The van der Waals surface area contributed by atoms with E-state index in [0.717, 1.165) is 5.56 Å². The van der Waals surface area contributed by atoms with Crippen LogP contribution in [-0.4, -0.2) is 30.5 Å². The second-order valence-corrected chi connectivity index (χ2v) is 4.29. The van der Waals surface area contributed by atoms with Crippen LogP contribution < -0.4 is 9.47 Å². The Morgan fingerprint density at radius 2 is 1.85 bits per heavy atom. The molecule has 0 bridgehead atoms. The van der Waals surface area contributed by atoms with Crippen LogP contribution in [0.15, 0.2) is 16.7 Å². The number of ether oxygens (including phenoxy) is 2. The summed E-state index contributed by atoms with van der Waals surface area (Å²) in [7, 11) is 3.07. The number of methoxy groups -OCH3 is 2. The Morgan fingerprint density at radius 1 is 1.20 bits per heavy atom. The number of rotatable bonds is 4. The molecule has 0 aliphatic heterocycles. The molecular formula is C14H15NO5. The number of carbonyl (C=O) groups is 1. The molecular weight excluding hydrogens is 262 g/mol. The third-order valence-electron chi connectivity index (χ3n) is 3.05. The first-order valence-corrected chi connectivity index (χ1v) is 5.92. The van der Waals surface area contributed by atoms with Gasteiger partial charge < -0.3 is 19.1 Å². The highest BCUT2D eigenvalue weighted by Gasteiger charge is 2.24. The number of aromatic nitrogens is 1. The molecule has 0 atom stereocenters. The van der Waals surface area contributed by atoms with Crippen molar-refractivity contribution in [1.29, 1.82) is 0 Å². The number of hydrogen-bond acceptors (Lipinski definition) is 5. The molecule has 2 rings (SSSR count). The van der Waals surface area contributed by atoms with E-state index in [1.165, 1.54) is 7.11 Å². The van der Waals surface area contributed by atoms with Crippen LogP contribution in [0, 0.1) is 13.8 Å². The van der Waals surface area contributed by atoms with E-state index in [2.05, 4.69) is 5.16 Å². The van der Waals surface area contributed by atoms with Gasteiger partial charge in [-0.2, -0.15) is 0 Å². The van der Waals surface area contributed by atoms with Crippen LogP contribution in [0.4, 0.5) is 0 Å². The predicted octanol–water partition coefficient (Wildman–Crippen LogP) is 2.67. The minimum absolute atomic E-state index is 0.147. The SMILES string of the molecule is COc1cc(-c2c(C(=O)O)noc2C)c(OC)cc1C. The quantitative estimate of drug-likeness (QED) is 0.925. The highest BCUT2D eigenvalue weighted by atomic mass is 16.5. The van der Waals surface area contributed by atoms with Gasteiger partial charge in [0, 0.05) is 5.56 Å². The van der Waals surface area contributed by atoms with Crippen molar-refractivity contribution in [3.8, 4) is 22.6 Å². The zero-order valence-electron chi connectivity index (χ0n) is 11.7. The fraction of sp³-hybridized carbons (Fsp3) is 0.286. The van der Waals surface area contributed by atoms with Gasteiger partial charge in [0.1, 0.15) is 17.3 Å². The zero-order chi connectivity index (χ0) is 14.9. The molecule has 0 amide bonds. The number of carboxylic acid groups (broad SMARTS) is 1. The van der Waals surface area contributed by atoms with E-state index in [-0.39, 0.29) is 5.69 Å². The summed E-state index contributed by atoms with van der Waals surface area (Å²) in [5, 5.41) is 12.8. The summed E-state index contributed by atoms with van der Waals surface area (Å²) in [6, 6.07) is 3.51. The molecule has 1 heterocycles. The maximum atomic E-state index is 11.2. The second kappa shape index (κ2) is 5.24. The molecule has 0 fully saturated rings. The minimum atomic E-state index is -1.15. The third kappa shape index (κ3) is 2.20. The Bertz CT molecular complexity index is 660. The Balaban J connectivity index is 2.74. The highest BCUT2D eigenvalue weighted by Crippen LogP contribution is 2.39. The van der Waals surface area contributed by atoms with E-state index < -0.39 is 5.97 Å². The van der Waals surface area contributed by atoms with Gasteiger partial charge >= 0.3 is 5.97 Å². The van der Waals surface area contributed by atoms with Crippen molar-refractivity contribution in [3.05, 3.63) is 29.2 Å². The Morgan fingerprint density at radius 3 is 2.40 bits per heavy atom. The van der Waals surface area contributed by atoms with Crippen LogP contribution in [0.3, 0.4) is 0 Å². The second-order valence-electron chi connectivity index (χ2n) is 4.29. The molecule has 0 aliphatic rings. The number of aryl methyl sites for hydroxylation is 2. The smallest absolute Gasteiger partial charge is 0.358 e. The fourth-order valence-electron chi connectivity index (χ4n) is 2.08. The van der Waals surface area contributed by atoms with E-state index >= 15 is 0 Å². The van der Waals surface area contributed by atoms with Gasteiger partial charge in [-0.15, -0.1) is 0 Å². The third-order valence-corrected chi connectivity index (χ3v) is 3.05. The fourth-order valence-corrected chi connectivity index (χ4v) is 2.08. The molecule has 0 radical (unpaired) electrons. The molecule has 2 aromatic rings. The van der Waals surface area contributed by atoms with Crippen LogP contribution in [0.1, 0.15) is 21.8 Å². The first-order chi connectivity index (χ1) is 9.49. The van der Waals surface area contributed by atoms with Crippen LogP contribution in [0.2, 0.25) is 0 Å². The molecule has 1 N–H and O–H groups in total.